The maximum atomic E-state index is 5.70. The molecule has 0 heterocycles. The minimum atomic E-state index is -1.46. The van der Waals surface area contributed by atoms with Crippen molar-refractivity contribution in [2.45, 2.75) is 45.2 Å². The Morgan fingerprint density at radius 3 is 1.91 bits per heavy atom. The summed E-state index contributed by atoms with van der Waals surface area (Å²) in [6.45, 7) is 14.6. The van der Waals surface area contributed by atoms with Crippen LogP contribution in [0.1, 0.15) is 11.5 Å². The molecule has 0 bridgehead atoms. The Hall–Kier alpha value is -1.33. The Balaban J connectivity index is 2.66. The lowest BCUT2D eigenvalue weighted by molar-refractivity contribution is 0.305. The molecule has 0 N–H and O–H groups in total. The molecule has 1 atom stereocenters. The average molecular weight is 343 g/mol. The fourth-order valence-electron chi connectivity index (χ4n) is 2.93. The molecule has 124 valence electrons. The van der Waals surface area contributed by atoms with E-state index in [2.05, 4.69) is 87.8 Å². The normalized spacial score (nSPS) is 19.4. The van der Waals surface area contributed by atoms with Gasteiger partial charge < -0.3 is 4.74 Å². The maximum Gasteiger partial charge on any atom is 0.115 e. The van der Waals surface area contributed by atoms with Crippen molar-refractivity contribution in [2.24, 2.45) is 0 Å². The van der Waals surface area contributed by atoms with Gasteiger partial charge in [0.25, 0.3) is 0 Å². The molecule has 0 radical (unpaired) electrons. The van der Waals surface area contributed by atoms with Crippen molar-refractivity contribution in [1.29, 1.82) is 0 Å². The first-order valence-corrected chi connectivity index (χ1v) is 15.4. The molecule has 0 spiro atoms. The lowest BCUT2D eigenvalue weighted by Gasteiger charge is -2.29. The van der Waals surface area contributed by atoms with Gasteiger partial charge in [-0.05, 0) is 17.7 Å². The van der Waals surface area contributed by atoms with E-state index >= 15 is 0 Å². The highest BCUT2D eigenvalue weighted by Gasteiger charge is 2.31. The molecule has 1 aromatic carbocycles. The van der Waals surface area contributed by atoms with E-state index in [1.54, 1.807) is 12.3 Å². The minimum absolute atomic E-state index is 0.322. The van der Waals surface area contributed by atoms with Gasteiger partial charge in [0, 0.05) is 5.92 Å². The second kappa shape index (κ2) is 6.66. The molecular formula is C20H30OSi2. The van der Waals surface area contributed by atoms with Crippen LogP contribution in [0.5, 0.6) is 0 Å². The summed E-state index contributed by atoms with van der Waals surface area (Å²) < 4.78 is 5.70. The lowest BCUT2D eigenvalue weighted by atomic mass is 9.98. The third-order valence-electron chi connectivity index (χ3n) is 4.40. The van der Waals surface area contributed by atoms with Crippen LogP contribution in [0, 0.1) is 0 Å². The van der Waals surface area contributed by atoms with Gasteiger partial charge in [0.1, 0.15) is 5.76 Å². The molecule has 0 saturated carbocycles. The molecule has 1 aliphatic rings. The van der Waals surface area contributed by atoms with Crippen molar-refractivity contribution in [3.63, 3.8) is 0 Å². The minimum Gasteiger partial charge on any atom is -0.497 e. The van der Waals surface area contributed by atoms with Crippen molar-refractivity contribution < 1.29 is 4.74 Å². The molecule has 0 fully saturated rings. The van der Waals surface area contributed by atoms with E-state index in [0.29, 0.717) is 5.92 Å². The number of allylic oxidation sites excluding steroid dienone is 5. The number of benzene rings is 1. The summed E-state index contributed by atoms with van der Waals surface area (Å²) in [4.78, 5) is 0. The van der Waals surface area contributed by atoms with Crippen molar-refractivity contribution in [3.05, 3.63) is 70.3 Å². The summed E-state index contributed by atoms with van der Waals surface area (Å²) in [6.07, 6.45) is 7.10. The van der Waals surface area contributed by atoms with E-state index in [1.165, 1.54) is 10.8 Å². The highest BCUT2D eigenvalue weighted by Crippen LogP contribution is 2.38. The van der Waals surface area contributed by atoms with Crippen molar-refractivity contribution >= 4 is 16.1 Å². The summed E-state index contributed by atoms with van der Waals surface area (Å²) in [7, 11) is -1.08. The SMILES string of the molecule is COC1=C[C@@H](c2ccccc2)C([Si](C)(C)C)=CC([Si](C)(C)C)=C1. The molecule has 1 aliphatic carbocycles. The number of methoxy groups -OCH3 is 1. The molecule has 3 heteroatoms. The fraction of sp³-hybridized carbons (Fsp3) is 0.400. The van der Waals surface area contributed by atoms with Gasteiger partial charge in [0.2, 0.25) is 0 Å². The molecule has 23 heavy (non-hydrogen) atoms. The lowest BCUT2D eigenvalue weighted by Crippen LogP contribution is -2.30. The molecule has 0 unspecified atom stereocenters. The number of ether oxygens (including phenoxy) is 1. The summed E-state index contributed by atoms with van der Waals surface area (Å²) in [5.74, 6) is 1.32. The zero-order valence-electron chi connectivity index (χ0n) is 15.6. The molecule has 0 amide bonds. The van der Waals surface area contributed by atoms with Crippen molar-refractivity contribution in [1.82, 2.24) is 0 Å². The van der Waals surface area contributed by atoms with Crippen LogP contribution >= 0.6 is 0 Å². The standard InChI is InChI=1S/C20H30OSi2/c1-21-17-13-18(22(2,3)4)15-20(23(5,6)7)19(14-17)16-11-9-8-10-12-16/h8-15,19H,1-7H3/t19-/m0/s1. The number of rotatable bonds is 4. The smallest absolute Gasteiger partial charge is 0.115 e. The van der Waals surface area contributed by atoms with Crippen LogP contribution in [0.15, 0.2) is 64.7 Å². The van der Waals surface area contributed by atoms with Gasteiger partial charge in [0.05, 0.1) is 23.3 Å². The molecule has 0 aromatic heterocycles. The van der Waals surface area contributed by atoms with Crippen LogP contribution < -0.4 is 0 Å². The zero-order chi connectivity index (χ0) is 17.3. The second-order valence-corrected chi connectivity index (χ2v) is 18.5. The number of hydrogen-bond donors (Lipinski definition) is 0. The van der Waals surface area contributed by atoms with Crippen LogP contribution in [0.25, 0.3) is 0 Å². The fourth-order valence-corrected chi connectivity index (χ4v) is 6.01. The van der Waals surface area contributed by atoms with Crippen molar-refractivity contribution in [3.8, 4) is 0 Å². The van der Waals surface area contributed by atoms with Gasteiger partial charge in [-0.25, -0.2) is 0 Å². The van der Waals surface area contributed by atoms with Crippen LogP contribution in [0.4, 0.5) is 0 Å². The monoisotopic (exact) mass is 342 g/mol. The first kappa shape index (κ1) is 18.0. The Morgan fingerprint density at radius 2 is 1.43 bits per heavy atom. The largest absolute Gasteiger partial charge is 0.497 e. The topological polar surface area (TPSA) is 9.23 Å². The summed E-state index contributed by atoms with van der Waals surface area (Å²) in [6, 6.07) is 10.8. The average Bonchev–Trinajstić information content (AvgIpc) is 2.67. The van der Waals surface area contributed by atoms with Crippen LogP contribution in [0.2, 0.25) is 39.3 Å². The Labute approximate surface area is 143 Å². The van der Waals surface area contributed by atoms with Crippen molar-refractivity contribution in [2.75, 3.05) is 7.11 Å². The Kier molecular flexibility index (Phi) is 5.21. The predicted octanol–water partition coefficient (Wildman–Crippen LogP) is 5.92. The van der Waals surface area contributed by atoms with E-state index in [1.807, 2.05) is 0 Å². The first-order chi connectivity index (χ1) is 10.6. The van der Waals surface area contributed by atoms with Crippen LogP contribution in [-0.2, 0) is 4.74 Å². The third kappa shape index (κ3) is 4.36. The van der Waals surface area contributed by atoms with Gasteiger partial charge in [-0.2, -0.15) is 0 Å². The second-order valence-electron chi connectivity index (χ2n) is 8.36. The van der Waals surface area contributed by atoms with Crippen LogP contribution in [-0.4, -0.2) is 23.3 Å². The Bertz CT molecular complexity index is 640. The predicted molar refractivity (Wildman–Crippen MR) is 107 cm³/mol. The zero-order valence-corrected chi connectivity index (χ0v) is 17.6. The van der Waals surface area contributed by atoms with E-state index in [-0.39, 0.29) is 0 Å². The number of hydrogen-bond acceptors (Lipinski definition) is 1. The molecular weight excluding hydrogens is 312 g/mol. The Morgan fingerprint density at radius 1 is 0.826 bits per heavy atom. The van der Waals surface area contributed by atoms with Gasteiger partial charge >= 0.3 is 0 Å². The van der Waals surface area contributed by atoms with E-state index in [9.17, 15) is 0 Å². The summed E-state index contributed by atoms with van der Waals surface area (Å²) in [5, 5.41) is 3.09. The molecule has 2 rings (SSSR count). The molecule has 1 nitrogen and oxygen atoms in total. The van der Waals surface area contributed by atoms with E-state index in [0.717, 1.165) is 5.76 Å². The quantitative estimate of drug-likeness (QED) is 0.617. The highest BCUT2D eigenvalue weighted by molar-refractivity contribution is 6.86. The summed E-state index contributed by atoms with van der Waals surface area (Å²) in [5.41, 5.74) is 1.36. The molecule has 0 saturated heterocycles. The third-order valence-corrected chi connectivity index (χ3v) is 8.61. The van der Waals surface area contributed by atoms with E-state index < -0.39 is 16.1 Å². The first-order valence-electron chi connectivity index (χ1n) is 8.38. The highest BCUT2D eigenvalue weighted by atomic mass is 28.3. The van der Waals surface area contributed by atoms with Crippen LogP contribution in [0.3, 0.4) is 0 Å². The van der Waals surface area contributed by atoms with E-state index in [4.69, 9.17) is 4.74 Å². The van der Waals surface area contributed by atoms with Gasteiger partial charge in [-0.15, -0.1) is 0 Å². The maximum absolute atomic E-state index is 5.70. The molecule has 1 aromatic rings. The van der Waals surface area contributed by atoms with Gasteiger partial charge in [-0.3, -0.25) is 0 Å². The van der Waals surface area contributed by atoms with Gasteiger partial charge in [0.15, 0.2) is 0 Å². The van der Waals surface area contributed by atoms with Gasteiger partial charge in [-0.1, -0.05) is 86.1 Å². The summed E-state index contributed by atoms with van der Waals surface area (Å²) >= 11 is 0. The molecule has 0 aliphatic heterocycles.